The molecule has 0 aliphatic carbocycles. The number of nitrogens with one attached hydrogen (secondary N) is 1. The summed E-state index contributed by atoms with van der Waals surface area (Å²) in [6.07, 6.45) is 2.54. The molecule has 3 aromatic rings. The Morgan fingerprint density at radius 2 is 2.00 bits per heavy atom. The van der Waals surface area contributed by atoms with Crippen LogP contribution in [0.4, 0.5) is 14.5 Å². The molecule has 1 unspecified atom stereocenters. The summed E-state index contributed by atoms with van der Waals surface area (Å²) in [7, 11) is 0. The van der Waals surface area contributed by atoms with Gasteiger partial charge in [-0.1, -0.05) is 18.2 Å². The summed E-state index contributed by atoms with van der Waals surface area (Å²) in [6, 6.07) is 9.60. The van der Waals surface area contributed by atoms with Gasteiger partial charge in [-0.3, -0.25) is 0 Å². The standard InChI is InChI=1S/C26H28F2N4O/c1-15(2)32-14-16(3)33-26-21(27)10-19(11-23(26)32)25-22(28)13-30-24(31-25)9-17-4-5-18-6-7-29-12-20(18)8-17/h4-5,8,10-11,13,15-16,29H,6-7,9,12,14H2,1-3H3. The Labute approximate surface area is 192 Å². The normalized spacial score (nSPS) is 17.5. The molecule has 1 N–H and O–H groups in total. The van der Waals surface area contributed by atoms with Gasteiger partial charge in [-0.15, -0.1) is 0 Å². The minimum absolute atomic E-state index is 0.101. The third kappa shape index (κ3) is 4.29. The number of ether oxygens (including phenoxy) is 1. The molecular formula is C26H28F2N4O. The zero-order valence-corrected chi connectivity index (χ0v) is 19.2. The van der Waals surface area contributed by atoms with E-state index in [-0.39, 0.29) is 23.6 Å². The van der Waals surface area contributed by atoms with E-state index in [0.29, 0.717) is 30.0 Å². The van der Waals surface area contributed by atoms with Gasteiger partial charge in [-0.2, -0.15) is 0 Å². The fraction of sp³-hybridized carbons (Fsp3) is 0.385. The highest BCUT2D eigenvalue weighted by Crippen LogP contribution is 2.40. The number of benzene rings is 2. The average molecular weight is 451 g/mol. The highest BCUT2D eigenvalue weighted by atomic mass is 19.1. The van der Waals surface area contributed by atoms with Gasteiger partial charge in [0.25, 0.3) is 0 Å². The van der Waals surface area contributed by atoms with E-state index >= 15 is 4.39 Å². The molecule has 0 fully saturated rings. The Morgan fingerprint density at radius 3 is 2.82 bits per heavy atom. The van der Waals surface area contributed by atoms with Crippen LogP contribution >= 0.6 is 0 Å². The number of hydrogen-bond donors (Lipinski definition) is 1. The third-order valence-electron chi connectivity index (χ3n) is 6.32. The number of hydrogen-bond acceptors (Lipinski definition) is 5. The van der Waals surface area contributed by atoms with Crippen molar-refractivity contribution in [3.05, 3.63) is 70.7 Å². The Hall–Kier alpha value is -3.06. The van der Waals surface area contributed by atoms with Gasteiger partial charge in [0, 0.05) is 24.6 Å². The second-order valence-corrected chi connectivity index (χ2v) is 9.17. The highest BCUT2D eigenvalue weighted by molar-refractivity contribution is 5.72. The van der Waals surface area contributed by atoms with Crippen LogP contribution in [0, 0.1) is 11.6 Å². The molecule has 172 valence electrons. The van der Waals surface area contributed by atoms with Gasteiger partial charge in [-0.25, -0.2) is 18.7 Å². The number of nitrogens with zero attached hydrogens (tertiary/aromatic N) is 3. The largest absolute Gasteiger partial charge is 0.484 e. The number of halogens is 2. The van der Waals surface area contributed by atoms with Crippen molar-refractivity contribution in [2.45, 2.75) is 52.3 Å². The first kappa shape index (κ1) is 21.8. The summed E-state index contributed by atoms with van der Waals surface area (Å²) in [6.45, 7) is 8.48. The van der Waals surface area contributed by atoms with Gasteiger partial charge in [0.15, 0.2) is 17.4 Å². The van der Waals surface area contributed by atoms with Crippen LogP contribution in [0.2, 0.25) is 0 Å². The molecule has 5 nitrogen and oxygen atoms in total. The van der Waals surface area contributed by atoms with E-state index in [0.717, 1.165) is 25.1 Å². The van der Waals surface area contributed by atoms with Crippen molar-refractivity contribution >= 4 is 5.69 Å². The Bertz CT molecular complexity index is 1200. The molecule has 2 aromatic carbocycles. The van der Waals surface area contributed by atoms with E-state index in [1.54, 1.807) is 6.07 Å². The molecule has 2 aliphatic heterocycles. The van der Waals surface area contributed by atoms with E-state index in [4.69, 9.17) is 4.74 Å². The molecule has 33 heavy (non-hydrogen) atoms. The molecule has 0 spiro atoms. The van der Waals surface area contributed by atoms with Gasteiger partial charge in [0.1, 0.15) is 17.6 Å². The third-order valence-corrected chi connectivity index (χ3v) is 6.32. The SMILES string of the molecule is CC1CN(C(C)C)c2cc(-c3nc(Cc4ccc5c(c4)CNCC5)ncc3F)cc(F)c2O1. The Balaban J connectivity index is 1.50. The quantitative estimate of drug-likeness (QED) is 0.627. The lowest BCUT2D eigenvalue weighted by Gasteiger charge is -2.38. The summed E-state index contributed by atoms with van der Waals surface area (Å²) in [5, 5.41) is 3.38. The number of anilines is 1. The molecule has 0 bridgehead atoms. The molecular weight excluding hydrogens is 422 g/mol. The van der Waals surface area contributed by atoms with Crippen molar-refractivity contribution in [1.82, 2.24) is 15.3 Å². The van der Waals surface area contributed by atoms with Crippen molar-refractivity contribution in [2.24, 2.45) is 0 Å². The van der Waals surface area contributed by atoms with Crippen LogP contribution in [-0.2, 0) is 19.4 Å². The van der Waals surface area contributed by atoms with Crippen LogP contribution in [0.5, 0.6) is 5.75 Å². The van der Waals surface area contributed by atoms with Crippen LogP contribution in [0.3, 0.4) is 0 Å². The summed E-state index contributed by atoms with van der Waals surface area (Å²) in [5.74, 6) is -0.377. The molecule has 3 heterocycles. The maximum atomic E-state index is 15.0. The second kappa shape index (κ2) is 8.71. The molecule has 0 saturated heterocycles. The van der Waals surface area contributed by atoms with Gasteiger partial charge in [0.05, 0.1) is 18.4 Å². The van der Waals surface area contributed by atoms with Gasteiger partial charge in [-0.05, 0) is 62.6 Å². The highest BCUT2D eigenvalue weighted by Gasteiger charge is 2.29. The van der Waals surface area contributed by atoms with Crippen LogP contribution < -0.4 is 15.0 Å². The fourth-order valence-electron chi connectivity index (χ4n) is 4.67. The molecule has 2 aliphatic rings. The first-order valence-corrected chi connectivity index (χ1v) is 11.5. The molecule has 0 saturated carbocycles. The summed E-state index contributed by atoms with van der Waals surface area (Å²) < 4.78 is 35.6. The topological polar surface area (TPSA) is 50.3 Å². The van der Waals surface area contributed by atoms with Crippen LogP contribution in [-0.4, -0.2) is 35.2 Å². The van der Waals surface area contributed by atoms with Crippen LogP contribution in [0.1, 0.15) is 43.3 Å². The lowest BCUT2D eigenvalue weighted by molar-refractivity contribution is 0.199. The Morgan fingerprint density at radius 1 is 1.15 bits per heavy atom. The maximum absolute atomic E-state index is 15.0. The zero-order chi connectivity index (χ0) is 23.1. The minimum Gasteiger partial charge on any atom is -0.484 e. The monoisotopic (exact) mass is 450 g/mol. The Kier molecular flexibility index (Phi) is 5.74. The lowest BCUT2D eigenvalue weighted by atomic mass is 9.97. The fourth-order valence-corrected chi connectivity index (χ4v) is 4.67. The van der Waals surface area contributed by atoms with Crippen molar-refractivity contribution in [3.63, 3.8) is 0 Å². The van der Waals surface area contributed by atoms with Gasteiger partial charge in [0.2, 0.25) is 0 Å². The molecule has 0 radical (unpaired) electrons. The van der Waals surface area contributed by atoms with Crippen LogP contribution in [0.25, 0.3) is 11.3 Å². The summed E-state index contributed by atoms with van der Waals surface area (Å²) in [5.41, 5.74) is 4.81. The smallest absolute Gasteiger partial charge is 0.178 e. The zero-order valence-electron chi connectivity index (χ0n) is 19.2. The summed E-state index contributed by atoms with van der Waals surface area (Å²) in [4.78, 5) is 10.8. The van der Waals surface area contributed by atoms with Crippen molar-refractivity contribution in [3.8, 4) is 17.0 Å². The predicted molar refractivity (Wildman–Crippen MR) is 125 cm³/mol. The van der Waals surface area contributed by atoms with Crippen molar-refractivity contribution < 1.29 is 13.5 Å². The molecule has 1 atom stereocenters. The molecule has 1 aromatic heterocycles. The molecule has 5 rings (SSSR count). The van der Waals surface area contributed by atoms with E-state index in [1.807, 2.05) is 20.8 Å². The molecule has 7 heteroatoms. The minimum atomic E-state index is -0.575. The predicted octanol–water partition coefficient (Wildman–Crippen LogP) is 4.65. The number of rotatable bonds is 4. The number of aromatic nitrogens is 2. The van der Waals surface area contributed by atoms with E-state index in [9.17, 15) is 4.39 Å². The first-order chi connectivity index (χ1) is 15.9. The maximum Gasteiger partial charge on any atom is 0.178 e. The van der Waals surface area contributed by atoms with Crippen LogP contribution in [0.15, 0.2) is 36.5 Å². The van der Waals surface area contributed by atoms with E-state index < -0.39 is 11.6 Å². The summed E-state index contributed by atoms with van der Waals surface area (Å²) >= 11 is 0. The van der Waals surface area contributed by atoms with Crippen molar-refractivity contribution in [1.29, 1.82) is 0 Å². The van der Waals surface area contributed by atoms with E-state index in [1.165, 1.54) is 23.4 Å². The van der Waals surface area contributed by atoms with Crippen molar-refractivity contribution in [2.75, 3.05) is 18.0 Å². The molecule has 0 amide bonds. The van der Waals surface area contributed by atoms with Gasteiger partial charge >= 0.3 is 0 Å². The first-order valence-electron chi connectivity index (χ1n) is 11.5. The lowest BCUT2D eigenvalue weighted by Crippen LogP contribution is -2.42. The van der Waals surface area contributed by atoms with E-state index in [2.05, 4.69) is 38.4 Å². The second-order valence-electron chi connectivity index (χ2n) is 9.17. The number of fused-ring (bicyclic) bond motifs is 2. The average Bonchev–Trinajstić information content (AvgIpc) is 2.80. The van der Waals surface area contributed by atoms with Gasteiger partial charge < -0.3 is 15.0 Å².